The minimum atomic E-state index is 1.23. The highest BCUT2D eigenvalue weighted by atomic mass is 14.2. The molecule has 0 unspecified atom stereocenters. The lowest BCUT2D eigenvalue weighted by atomic mass is 9.87. The molecule has 10 aromatic carbocycles. The normalized spacial score (nSPS) is 11.6. The van der Waals surface area contributed by atoms with E-state index in [1.165, 1.54) is 98.4 Å². The summed E-state index contributed by atoms with van der Waals surface area (Å²) in [4.78, 5) is 0. The Balaban J connectivity index is 1.16. The van der Waals surface area contributed by atoms with Gasteiger partial charge in [0.15, 0.2) is 0 Å². The molecule has 0 bridgehead atoms. The quantitative estimate of drug-likeness (QED) is 0.169. The van der Waals surface area contributed by atoms with Crippen molar-refractivity contribution >= 4 is 53.9 Å². The molecule has 10 aromatic rings. The zero-order valence-corrected chi connectivity index (χ0v) is 27.5. The molecule has 0 aliphatic heterocycles. The van der Waals surface area contributed by atoms with Gasteiger partial charge in [-0.25, -0.2) is 0 Å². The zero-order chi connectivity index (χ0) is 33.0. The lowest BCUT2D eigenvalue weighted by Crippen LogP contribution is -1.90. The number of hydrogen-bond acceptors (Lipinski definition) is 0. The summed E-state index contributed by atoms with van der Waals surface area (Å²) in [5.41, 5.74) is 9.96. The van der Waals surface area contributed by atoms with Gasteiger partial charge in [0.1, 0.15) is 0 Å². The number of rotatable bonds is 4. The first kappa shape index (κ1) is 28.5. The van der Waals surface area contributed by atoms with Crippen LogP contribution in [0, 0.1) is 0 Å². The molecule has 0 heteroatoms. The Kier molecular flexibility index (Phi) is 6.60. The molecule has 0 radical (unpaired) electrons. The van der Waals surface area contributed by atoms with Gasteiger partial charge in [-0.1, -0.05) is 176 Å². The lowest BCUT2D eigenvalue weighted by molar-refractivity contribution is 1.63. The van der Waals surface area contributed by atoms with Gasteiger partial charge in [-0.15, -0.1) is 0 Å². The first-order valence-electron chi connectivity index (χ1n) is 17.3. The largest absolute Gasteiger partial charge is 0.0616 e. The highest BCUT2D eigenvalue weighted by Crippen LogP contribution is 2.43. The van der Waals surface area contributed by atoms with E-state index in [4.69, 9.17) is 0 Å². The predicted octanol–water partition coefficient (Wildman–Crippen LogP) is 14.1. The Hall–Kier alpha value is -6.50. The summed E-state index contributed by atoms with van der Waals surface area (Å²) in [7, 11) is 0. The monoisotopic (exact) mass is 632 g/mol. The van der Waals surface area contributed by atoms with Gasteiger partial charge in [-0.3, -0.25) is 0 Å². The average Bonchev–Trinajstić information content (AvgIpc) is 3.20. The fraction of sp³-hybridized carbons (Fsp3) is 0. The molecule has 0 aliphatic rings. The average molecular weight is 633 g/mol. The van der Waals surface area contributed by atoms with E-state index in [2.05, 4.69) is 194 Å². The maximum Gasteiger partial charge on any atom is -0.00923 e. The topological polar surface area (TPSA) is 0 Å². The molecule has 0 fully saturated rings. The van der Waals surface area contributed by atoms with Crippen LogP contribution in [0.2, 0.25) is 0 Å². The fourth-order valence-corrected chi connectivity index (χ4v) is 8.07. The van der Waals surface area contributed by atoms with Gasteiger partial charge in [0.05, 0.1) is 0 Å². The molecule has 0 saturated carbocycles. The van der Waals surface area contributed by atoms with Gasteiger partial charge in [-0.05, 0) is 117 Å². The second kappa shape index (κ2) is 11.6. The summed E-state index contributed by atoms with van der Waals surface area (Å²) in [5, 5.41) is 12.7. The zero-order valence-electron chi connectivity index (χ0n) is 27.5. The van der Waals surface area contributed by atoms with Gasteiger partial charge in [0.2, 0.25) is 0 Å². The number of benzene rings is 10. The number of hydrogen-bond donors (Lipinski definition) is 0. The third-order valence-electron chi connectivity index (χ3n) is 10.5. The molecular weight excluding hydrogens is 601 g/mol. The third kappa shape index (κ3) is 4.61. The van der Waals surface area contributed by atoms with Crippen molar-refractivity contribution in [3.05, 3.63) is 194 Å². The Morgan fingerprint density at radius 2 is 0.540 bits per heavy atom. The molecule has 0 heterocycles. The van der Waals surface area contributed by atoms with E-state index in [-0.39, 0.29) is 0 Å². The highest BCUT2D eigenvalue weighted by Gasteiger charge is 2.15. The first-order chi connectivity index (χ1) is 24.8. The minimum absolute atomic E-state index is 1.23. The maximum atomic E-state index is 2.43. The van der Waals surface area contributed by atoms with Crippen LogP contribution in [0.25, 0.3) is 98.4 Å². The molecule has 50 heavy (non-hydrogen) atoms. The van der Waals surface area contributed by atoms with Gasteiger partial charge in [0.25, 0.3) is 0 Å². The predicted molar refractivity (Wildman–Crippen MR) is 216 cm³/mol. The van der Waals surface area contributed by atoms with E-state index in [1.807, 2.05) is 0 Å². The second-order valence-corrected chi connectivity index (χ2v) is 13.2. The third-order valence-corrected chi connectivity index (χ3v) is 10.5. The summed E-state index contributed by atoms with van der Waals surface area (Å²) in [6.07, 6.45) is 0. The van der Waals surface area contributed by atoms with Crippen LogP contribution in [0.5, 0.6) is 0 Å². The lowest BCUT2D eigenvalue weighted by Gasteiger charge is -2.17. The Morgan fingerprint density at radius 3 is 1.08 bits per heavy atom. The van der Waals surface area contributed by atoms with Crippen LogP contribution in [-0.2, 0) is 0 Å². The molecular formula is C50H32. The van der Waals surface area contributed by atoms with Gasteiger partial charge >= 0.3 is 0 Å². The van der Waals surface area contributed by atoms with Crippen LogP contribution in [-0.4, -0.2) is 0 Å². The molecule has 0 amide bonds. The molecule has 0 saturated heterocycles. The van der Waals surface area contributed by atoms with E-state index in [0.29, 0.717) is 0 Å². The van der Waals surface area contributed by atoms with Crippen LogP contribution < -0.4 is 0 Å². The fourth-order valence-electron chi connectivity index (χ4n) is 8.07. The second-order valence-electron chi connectivity index (χ2n) is 13.2. The molecule has 10 rings (SSSR count). The molecule has 0 aromatic heterocycles. The van der Waals surface area contributed by atoms with Crippen molar-refractivity contribution in [2.45, 2.75) is 0 Å². The van der Waals surface area contributed by atoms with E-state index in [9.17, 15) is 0 Å². The molecule has 0 spiro atoms. The minimum Gasteiger partial charge on any atom is -0.0616 e. The summed E-state index contributed by atoms with van der Waals surface area (Å²) in [6.45, 7) is 0. The van der Waals surface area contributed by atoms with Crippen molar-refractivity contribution in [3.63, 3.8) is 0 Å². The van der Waals surface area contributed by atoms with Gasteiger partial charge < -0.3 is 0 Å². The molecule has 0 N–H and O–H groups in total. The molecule has 0 nitrogen and oxygen atoms in total. The first-order valence-corrected chi connectivity index (χ1v) is 17.3. The van der Waals surface area contributed by atoms with Crippen LogP contribution >= 0.6 is 0 Å². The van der Waals surface area contributed by atoms with E-state index in [0.717, 1.165) is 0 Å². The van der Waals surface area contributed by atoms with Crippen LogP contribution in [0.15, 0.2) is 194 Å². The van der Waals surface area contributed by atoms with Crippen LogP contribution in [0.3, 0.4) is 0 Å². The maximum absolute atomic E-state index is 2.43. The van der Waals surface area contributed by atoms with Crippen molar-refractivity contribution in [3.8, 4) is 44.5 Å². The van der Waals surface area contributed by atoms with Gasteiger partial charge in [0, 0.05) is 0 Å². The highest BCUT2D eigenvalue weighted by molar-refractivity contribution is 6.24. The number of fused-ring (bicyclic) bond motifs is 7. The Morgan fingerprint density at radius 1 is 0.180 bits per heavy atom. The van der Waals surface area contributed by atoms with E-state index in [1.54, 1.807) is 0 Å². The molecule has 0 aliphatic carbocycles. The Labute approximate surface area is 291 Å². The summed E-state index contributed by atoms with van der Waals surface area (Å²) < 4.78 is 0. The summed E-state index contributed by atoms with van der Waals surface area (Å²) in [5.74, 6) is 0. The SMILES string of the molecule is c1cc(-c2cccc3ccccc23)cc(-c2cc3c4ccccc4c(-c4ccc(-c5cccc6ccccc56)cc4)cc3c3ccccc23)c1. The van der Waals surface area contributed by atoms with Crippen molar-refractivity contribution in [1.29, 1.82) is 0 Å². The molecule has 232 valence electrons. The molecule has 0 atom stereocenters. The van der Waals surface area contributed by atoms with E-state index >= 15 is 0 Å². The van der Waals surface area contributed by atoms with Crippen LogP contribution in [0.4, 0.5) is 0 Å². The van der Waals surface area contributed by atoms with Crippen molar-refractivity contribution in [1.82, 2.24) is 0 Å². The van der Waals surface area contributed by atoms with Crippen molar-refractivity contribution in [2.24, 2.45) is 0 Å². The van der Waals surface area contributed by atoms with E-state index < -0.39 is 0 Å². The summed E-state index contributed by atoms with van der Waals surface area (Å²) in [6, 6.07) is 71.3. The van der Waals surface area contributed by atoms with Crippen LogP contribution in [0.1, 0.15) is 0 Å². The smallest absolute Gasteiger partial charge is 0.00923 e. The van der Waals surface area contributed by atoms with Crippen molar-refractivity contribution in [2.75, 3.05) is 0 Å². The van der Waals surface area contributed by atoms with Gasteiger partial charge in [-0.2, -0.15) is 0 Å². The Bertz CT molecular complexity index is 2900. The summed E-state index contributed by atoms with van der Waals surface area (Å²) >= 11 is 0. The van der Waals surface area contributed by atoms with Crippen molar-refractivity contribution < 1.29 is 0 Å². The standard InChI is InChI=1S/C50H32/c1-3-18-39-33(12-1)14-10-24-41(39)35-26-28-36(29-27-35)47-31-49-46-23-8-6-21-44(46)48(32-50(49)45-22-7-5-20-43(45)47)38-17-9-16-37(30-38)42-25-11-15-34-13-2-4-19-40(34)42/h1-32H.